The molecule has 1 aromatic rings. The van der Waals surface area contributed by atoms with Crippen LogP contribution in [-0.4, -0.2) is 40.8 Å². The maximum Gasteiger partial charge on any atom is 0.426 e. The van der Waals surface area contributed by atoms with Crippen LogP contribution in [0.5, 0.6) is 0 Å². The van der Waals surface area contributed by atoms with Crippen molar-refractivity contribution in [3.63, 3.8) is 0 Å². The first-order chi connectivity index (χ1) is 11.9. The predicted octanol–water partition coefficient (Wildman–Crippen LogP) is 3.66. The topological polar surface area (TPSA) is 78.4 Å². The molecule has 3 atom stereocenters. The molecule has 0 bridgehead atoms. The van der Waals surface area contributed by atoms with Crippen LogP contribution in [0.1, 0.15) is 41.4 Å². The highest BCUT2D eigenvalue weighted by molar-refractivity contribution is 9.13. The molecule has 0 aliphatic heterocycles. The Morgan fingerprint density at radius 3 is 2.19 bits per heavy atom. The zero-order valence-corrected chi connectivity index (χ0v) is 17.8. The summed E-state index contributed by atoms with van der Waals surface area (Å²) in [6.45, 7) is 2.18. The van der Waals surface area contributed by atoms with Gasteiger partial charge in [0.2, 0.25) is 5.60 Å². The van der Waals surface area contributed by atoms with Crippen LogP contribution in [0.25, 0.3) is 0 Å². The first kappa shape index (κ1) is 21.6. The van der Waals surface area contributed by atoms with Crippen LogP contribution in [0.3, 0.4) is 0 Å². The van der Waals surface area contributed by atoms with E-state index < -0.39 is 29.8 Å². The van der Waals surface area contributed by atoms with Crippen molar-refractivity contribution in [2.24, 2.45) is 0 Å². The van der Waals surface area contributed by atoms with E-state index in [1.807, 2.05) is 0 Å². The van der Waals surface area contributed by atoms with E-state index in [9.17, 15) is 27.9 Å². The average molecular weight is 522 g/mol. The maximum absolute atomic E-state index is 12.8. The van der Waals surface area contributed by atoms with Gasteiger partial charge in [-0.3, -0.25) is 9.59 Å². The van der Waals surface area contributed by atoms with Crippen molar-refractivity contribution in [1.29, 1.82) is 0 Å². The van der Waals surface area contributed by atoms with Crippen molar-refractivity contribution in [2.75, 3.05) is 0 Å². The fourth-order valence-corrected chi connectivity index (χ4v) is 4.84. The zero-order valence-electron chi connectivity index (χ0n) is 13.8. The molecular formula is C15H17Br2F3N2O3S. The third-order valence-electron chi connectivity index (χ3n) is 4.38. The number of thiophene rings is 1. The molecule has 1 unspecified atom stereocenters. The summed E-state index contributed by atoms with van der Waals surface area (Å²) < 4.78 is 39.9. The Balaban J connectivity index is 2.07. The minimum atomic E-state index is -5.08. The monoisotopic (exact) mass is 520 g/mol. The van der Waals surface area contributed by atoms with Crippen LogP contribution in [-0.2, 0) is 4.79 Å². The van der Waals surface area contributed by atoms with Crippen molar-refractivity contribution in [3.05, 3.63) is 18.7 Å². The molecule has 2 amide bonds. The molecule has 0 radical (unpaired) electrons. The van der Waals surface area contributed by atoms with Gasteiger partial charge < -0.3 is 15.7 Å². The molecule has 3 N–H and O–H groups in total. The van der Waals surface area contributed by atoms with Crippen LogP contribution in [0.2, 0.25) is 0 Å². The lowest BCUT2D eigenvalue weighted by molar-refractivity contribution is -0.245. The summed E-state index contributed by atoms with van der Waals surface area (Å²) in [5.41, 5.74) is -2.73. The Morgan fingerprint density at radius 2 is 1.73 bits per heavy atom. The summed E-state index contributed by atoms with van der Waals surface area (Å²) in [6.07, 6.45) is -3.50. The van der Waals surface area contributed by atoms with E-state index in [-0.39, 0.29) is 5.91 Å². The number of halogens is 5. The van der Waals surface area contributed by atoms with Gasteiger partial charge >= 0.3 is 6.18 Å². The van der Waals surface area contributed by atoms with E-state index in [1.165, 1.54) is 11.3 Å². The summed E-state index contributed by atoms with van der Waals surface area (Å²) in [7, 11) is 0. The standard InChI is InChI=1S/C15H17Br2F3N2O3S/c1-6-9(16)11(17)26-10(6)12(23)21-7-4-3-5-8(7)22-13(24)14(2,25)15(18,19)20/h7-8,25H,3-5H2,1-2H3,(H,21,23)(H,22,24)/t7-,8+,14?/m0/s1. The number of carbonyl (C=O) groups excluding carboxylic acids is 2. The number of rotatable bonds is 4. The van der Waals surface area contributed by atoms with Crippen molar-refractivity contribution in [3.8, 4) is 0 Å². The van der Waals surface area contributed by atoms with Gasteiger partial charge in [-0.1, -0.05) is 0 Å². The van der Waals surface area contributed by atoms with Gasteiger partial charge in [-0.05, 0) is 70.5 Å². The second-order valence-corrected chi connectivity index (χ2v) is 9.44. The van der Waals surface area contributed by atoms with E-state index in [0.29, 0.717) is 31.1 Å². The lowest BCUT2D eigenvalue weighted by Crippen LogP contribution is -2.59. The van der Waals surface area contributed by atoms with E-state index >= 15 is 0 Å². The molecule has 0 aromatic carbocycles. The Hall–Kier alpha value is -0.650. The highest BCUT2D eigenvalue weighted by Gasteiger charge is 2.56. The van der Waals surface area contributed by atoms with Gasteiger partial charge in [0, 0.05) is 16.6 Å². The highest BCUT2D eigenvalue weighted by Crippen LogP contribution is 2.37. The number of alkyl halides is 3. The molecule has 1 aromatic heterocycles. The van der Waals surface area contributed by atoms with Crippen molar-refractivity contribution >= 4 is 55.0 Å². The fraction of sp³-hybridized carbons (Fsp3) is 0.600. The van der Waals surface area contributed by atoms with Crippen LogP contribution in [0.15, 0.2) is 8.26 Å². The van der Waals surface area contributed by atoms with E-state index in [1.54, 1.807) is 6.92 Å². The third-order valence-corrected chi connectivity index (χ3v) is 8.13. The van der Waals surface area contributed by atoms with Gasteiger partial charge in [0.1, 0.15) is 0 Å². The number of amides is 2. The summed E-state index contributed by atoms with van der Waals surface area (Å²) in [5, 5.41) is 14.5. The average Bonchev–Trinajstić information content (AvgIpc) is 3.06. The second kappa shape index (κ2) is 7.76. The van der Waals surface area contributed by atoms with Gasteiger partial charge in [0.15, 0.2) is 0 Å². The molecule has 5 nitrogen and oxygen atoms in total. The predicted molar refractivity (Wildman–Crippen MR) is 98.2 cm³/mol. The number of hydrogen-bond donors (Lipinski definition) is 3. The van der Waals surface area contributed by atoms with Gasteiger partial charge in [0.25, 0.3) is 11.8 Å². The molecule has 11 heteroatoms. The van der Waals surface area contributed by atoms with Crippen molar-refractivity contribution in [1.82, 2.24) is 10.6 Å². The highest BCUT2D eigenvalue weighted by atomic mass is 79.9. The van der Waals surface area contributed by atoms with E-state index in [0.717, 1.165) is 13.8 Å². The SMILES string of the molecule is Cc1c(C(=O)N[C@H]2CCC[C@H]2NC(=O)C(C)(O)C(F)(F)F)sc(Br)c1Br. The van der Waals surface area contributed by atoms with Crippen molar-refractivity contribution < 1.29 is 27.9 Å². The molecule has 1 aliphatic rings. The lowest BCUT2D eigenvalue weighted by atomic mass is 10.0. The number of hydrogen-bond acceptors (Lipinski definition) is 4. The molecular weight excluding hydrogens is 505 g/mol. The normalized spacial score (nSPS) is 22.8. The smallest absolute Gasteiger partial charge is 0.373 e. The second-order valence-electron chi connectivity index (χ2n) is 6.30. The van der Waals surface area contributed by atoms with Gasteiger partial charge in [-0.2, -0.15) is 13.2 Å². The Bertz CT molecular complexity index is 722. The Labute approximate surface area is 169 Å². The first-order valence-corrected chi connectivity index (χ1v) is 10.1. The lowest BCUT2D eigenvalue weighted by Gasteiger charge is -2.29. The van der Waals surface area contributed by atoms with Gasteiger partial charge in [-0.25, -0.2) is 0 Å². The molecule has 146 valence electrons. The first-order valence-electron chi connectivity index (χ1n) is 7.71. The third kappa shape index (κ3) is 4.26. The Kier molecular flexibility index (Phi) is 6.46. The van der Waals surface area contributed by atoms with Crippen LogP contribution in [0.4, 0.5) is 13.2 Å². The molecule has 26 heavy (non-hydrogen) atoms. The van der Waals surface area contributed by atoms with E-state index in [2.05, 4.69) is 42.5 Å². The summed E-state index contributed by atoms with van der Waals surface area (Å²) in [5.74, 6) is -1.87. The Morgan fingerprint density at radius 1 is 1.19 bits per heavy atom. The molecule has 2 rings (SSSR count). The molecule has 1 heterocycles. The molecule has 1 fully saturated rings. The largest absolute Gasteiger partial charge is 0.426 e. The number of carbonyl (C=O) groups is 2. The molecule has 0 spiro atoms. The number of nitrogens with one attached hydrogen (secondary N) is 2. The van der Waals surface area contributed by atoms with Crippen LogP contribution < -0.4 is 10.6 Å². The quantitative estimate of drug-likeness (QED) is 0.565. The maximum atomic E-state index is 12.8. The fourth-order valence-electron chi connectivity index (χ4n) is 2.65. The summed E-state index contributed by atoms with van der Waals surface area (Å²) in [4.78, 5) is 24.8. The number of aliphatic hydroxyl groups is 1. The molecule has 1 aliphatic carbocycles. The zero-order chi connectivity index (χ0) is 19.9. The van der Waals surface area contributed by atoms with Gasteiger partial charge in [-0.15, -0.1) is 11.3 Å². The minimum Gasteiger partial charge on any atom is -0.373 e. The van der Waals surface area contributed by atoms with Crippen LogP contribution >= 0.6 is 43.2 Å². The molecule has 1 saturated carbocycles. The molecule has 0 saturated heterocycles. The summed E-state index contributed by atoms with van der Waals surface area (Å²) >= 11 is 7.93. The van der Waals surface area contributed by atoms with E-state index in [4.69, 9.17) is 0 Å². The van der Waals surface area contributed by atoms with Gasteiger partial charge in [0.05, 0.1) is 8.66 Å². The van der Waals surface area contributed by atoms with Crippen LogP contribution in [0, 0.1) is 6.92 Å². The van der Waals surface area contributed by atoms with Crippen molar-refractivity contribution in [2.45, 2.75) is 57.0 Å². The minimum absolute atomic E-state index is 0.354. The summed E-state index contributed by atoms with van der Waals surface area (Å²) in [6, 6.07) is -1.18.